The molecule has 24 heavy (non-hydrogen) atoms. The second-order valence-corrected chi connectivity index (χ2v) is 7.32. The number of rotatable bonds is 3. The number of amides is 1. The van der Waals surface area contributed by atoms with Crippen molar-refractivity contribution in [3.8, 4) is 11.5 Å². The van der Waals surface area contributed by atoms with Gasteiger partial charge in [-0.25, -0.2) is 0 Å². The number of aliphatic hydroxyl groups is 1. The van der Waals surface area contributed by atoms with E-state index in [2.05, 4.69) is 0 Å². The summed E-state index contributed by atoms with van der Waals surface area (Å²) < 4.78 is 10.7. The molecule has 0 radical (unpaired) electrons. The Balaban J connectivity index is 1.33. The van der Waals surface area contributed by atoms with Gasteiger partial charge in [-0.05, 0) is 43.4 Å². The Labute approximate surface area is 142 Å². The molecule has 1 N–H and O–H groups in total. The maximum Gasteiger partial charge on any atom is 0.231 e. The first kappa shape index (κ1) is 15.8. The summed E-state index contributed by atoms with van der Waals surface area (Å²) in [6.07, 6.45) is 6.18. The fourth-order valence-electron chi connectivity index (χ4n) is 4.30. The lowest BCUT2D eigenvalue weighted by Gasteiger charge is -2.47. The third-order valence-electron chi connectivity index (χ3n) is 5.84. The Morgan fingerprint density at radius 1 is 1.25 bits per heavy atom. The van der Waals surface area contributed by atoms with Crippen LogP contribution in [0, 0.1) is 5.92 Å². The van der Waals surface area contributed by atoms with Crippen LogP contribution in [0.1, 0.15) is 44.1 Å². The molecule has 0 bridgehead atoms. The maximum atomic E-state index is 12.6. The van der Waals surface area contributed by atoms with E-state index in [1.54, 1.807) is 0 Å². The molecule has 130 valence electrons. The van der Waals surface area contributed by atoms with Crippen molar-refractivity contribution in [2.24, 2.45) is 5.92 Å². The summed E-state index contributed by atoms with van der Waals surface area (Å²) in [7, 11) is 0. The minimum Gasteiger partial charge on any atom is -0.454 e. The first-order valence-corrected chi connectivity index (χ1v) is 9.03. The molecule has 4 rings (SSSR count). The smallest absolute Gasteiger partial charge is 0.231 e. The second-order valence-electron chi connectivity index (χ2n) is 7.32. The second kappa shape index (κ2) is 6.28. The molecule has 2 fully saturated rings. The molecule has 2 aliphatic heterocycles. The van der Waals surface area contributed by atoms with Crippen LogP contribution in [0.15, 0.2) is 18.2 Å². The first-order valence-electron chi connectivity index (χ1n) is 9.03. The lowest BCUT2D eigenvalue weighted by Crippen LogP contribution is -2.54. The molecule has 1 aliphatic carbocycles. The topological polar surface area (TPSA) is 59.0 Å². The molecule has 5 nitrogen and oxygen atoms in total. The third kappa shape index (κ3) is 2.97. The molecule has 1 saturated carbocycles. The average Bonchev–Trinajstić information content (AvgIpc) is 3.06. The number of hydrogen-bond donors (Lipinski definition) is 1. The van der Waals surface area contributed by atoms with Crippen LogP contribution in [0.4, 0.5) is 0 Å². The van der Waals surface area contributed by atoms with Crippen molar-refractivity contribution in [1.82, 2.24) is 4.90 Å². The molecule has 0 aromatic heterocycles. The van der Waals surface area contributed by atoms with Gasteiger partial charge in [0.2, 0.25) is 12.7 Å². The summed E-state index contributed by atoms with van der Waals surface area (Å²) in [4.78, 5) is 14.5. The van der Waals surface area contributed by atoms with Gasteiger partial charge in [0.05, 0.1) is 5.60 Å². The van der Waals surface area contributed by atoms with E-state index in [-0.39, 0.29) is 18.6 Å². The molecule has 1 aromatic carbocycles. The number of fused-ring (bicyclic) bond motifs is 2. The summed E-state index contributed by atoms with van der Waals surface area (Å²) in [5.74, 6) is 2.00. The predicted octanol–water partition coefficient (Wildman–Crippen LogP) is 2.50. The number of nitrogens with zero attached hydrogens (tertiary/aromatic N) is 1. The number of likely N-dealkylation sites (tertiary alicyclic amines) is 1. The number of ether oxygens (including phenoxy) is 2. The summed E-state index contributed by atoms with van der Waals surface area (Å²) in [5, 5.41) is 10.7. The highest BCUT2D eigenvalue weighted by Gasteiger charge is 2.43. The zero-order valence-corrected chi connectivity index (χ0v) is 14.0. The Bertz CT molecular complexity index is 632. The van der Waals surface area contributed by atoms with Gasteiger partial charge in [0.15, 0.2) is 11.5 Å². The number of hydrogen-bond acceptors (Lipinski definition) is 4. The van der Waals surface area contributed by atoms with Gasteiger partial charge >= 0.3 is 0 Å². The van der Waals surface area contributed by atoms with Crippen LogP contribution in [0.3, 0.4) is 0 Å². The summed E-state index contributed by atoms with van der Waals surface area (Å²) in [6, 6.07) is 5.87. The quantitative estimate of drug-likeness (QED) is 0.924. The molecule has 0 spiro atoms. The summed E-state index contributed by atoms with van der Waals surface area (Å²) in [6.45, 7) is 1.68. The molecule has 2 atom stereocenters. The molecule has 1 aromatic rings. The number of aryl methyl sites for hydroxylation is 1. The fraction of sp³-hybridized carbons (Fsp3) is 0.632. The minimum atomic E-state index is -0.521. The van der Waals surface area contributed by atoms with Crippen molar-refractivity contribution in [2.75, 3.05) is 19.9 Å². The van der Waals surface area contributed by atoms with Gasteiger partial charge in [0.25, 0.3) is 0 Å². The van der Waals surface area contributed by atoms with Crippen LogP contribution >= 0.6 is 0 Å². The van der Waals surface area contributed by atoms with Gasteiger partial charge in [-0.1, -0.05) is 18.9 Å². The van der Waals surface area contributed by atoms with Gasteiger partial charge in [0.1, 0.15) is 0 Å². The number of carbonyl (C=O) groups excluding carboxylic acids is 1. The first-order chi connectivity index (χ1) is 11.6. The Morgan fingerprint density at radius 2 is 2.12 bits per heavy atom. The van der Waals surface area contributed by atoms with Crippen LogP contribution in [0.2, 0.25) is 0 Å². The van der Waals surface area contributed by atoms with E-state index in [0.29, 0.717) is 19.4 Å². The zero-order chi connectivity index (χ0) is 16.6. The van der Waals surface area contributed by atoms with Gasteiger partial charge in [-0.15, -0.1) is 0 Å². The summed E-state index contributed by atoms with van der Waals surface area (Å²) >= 11 is 0. The molecular weight excluding hydrogens is 306 g/mol. The van der Waals surface area contributed by atoms with Crippen LogP contribution in [-0.2, 0) is 11.2 Å². The van der Waals surface area contributed by atoms with Gasteiger partial charge in [-0.3, -0.25) is 4.79 Å². The van der Waals surface area contributed by atoms with Crippen molar-refractivity contribution < 1.29 is 19.4 Å². The zero-order valence-electron chi connectivity index (χ0n) is 14.0. The Hall–Kier alpha value is -1.75. The van der Waals surface area contributed by atoms with Crippen LogP contribution in [0.25, 0.3) is 0 Å². The van der Waals surface area contributed by atoms with Crippen molar-refractivity contribution >= 4 is 5.91 Å². The molecular formula is C19H25NO4. The largest absolute Gasteiger partial charge is 0.454 e. The normalized spacial score (nSPS) is 28.5. The average molecular weight is 331 g/mol. The lowest BCUT2D eigenvalue weighted by molar-refractivity contribution is -0.143. The highest BCUT2D eigenvalue weighted by molar-refractivity contribution is 5.76. The van der Waals surface area contributed by atoms with E-state index in [0.717, 1.165) is 49.3 Å². The van der Waals surface area contributed by atoms with E-state index >= 15 is 0 Å². The van der Waals surface area contributed by atoms with E-state index in [1.165, 1.54) is 6.42 Å². The van der Waals surface area contributed by atoms with E-state index < -0.39 is 5.60 Å². The van der Waals surface area contributed by atoms with Crippen LogP contribution in [-0.4, -0.2) is 41.4 Å². The van der Waals surface area contributed by atoms with Crippen molar-refractivity contribution in [3.05, 3.63) is 23.8 Å². The number of carbonyl (C=O) groups is 1. The lowest BCUT2D eigenvalue weighted by atomic mass is 9.71. The minimum absolute atomic E-state index is 0.195. The standard InChI is InChI=1S/C19H25NO4/c21-18(7-5-14-4-6-16-17(11-14)24-13-23-16)20-10-9-19(22)8-2-1-3-15(19)12-20/h4,6,11,15,22H,1-3,5,7-10,12-13H2. The van der Waals surface area contributed by atoms with Gasteiger partial charge in [-0.2, -0.15) is 0 Å². The van der Waals surface area contributed by atoms with E-state index in [9.17, 15) is 9.90 Å². The highest BCUT2D eigenvalue weighted by atomic mass is 16.7. The van der Waals surface area contributed by atoms with Crippen molar-refractivity contribution in [3.63, 3.8) is 0 Å². The maximum absolute atomic E-state index is 12.6. The Kier molecular flexibility index (Phi) is 4.12. The van der Waals surface area contributed by atoms with E-state index in [4.69, 9.17) is 9.47 Å². The third-order valence-corrected chi connectivity index (χ3v) is 5.84. The fourth-order valence-corrected chi connectivity index (χ4v) is 4.30. The van der Waals surface area contributed by atoms with E-state index in [1.807, 2.05) is 23.1 Å². The SMILES string of the molecule is O=C(CCc1ccc2c(c1)OCO2)N1CCC2(O)CCCCC2C1. The summed E-state index contributed by atoms with van der Waals surface area (Å²) in [5.41, 5.74) is 0.575. The van der Waals surface area contributed by atoms with Crippen molar-refractivity contribution in [1.29, 1.82) is 0 Å². The number of benzene rings is 1. The molecule has 3 aliphatic rings. The predicted molar refractivity (Wildman–Crippen MR) is 89.0 cm³/mol. The van der Waals surface area contributed by atoms with Crippen LogP contribution < -0.4 is 9.47 Å². The molecule has 2 heterocycles. The molecule has 1 amide bonds. The van der Waals surface area contributed by atoms with Crippen molar-refractivity contribution in [2.45, 2.75) is 50.5 Å². The molecule has 5 heteroatoms. The van der Waals surface area contributed by atoms with Gasteiger partial charge < -0.3 is 19.5 Å². The molecule has 1 saturated heterocycles. The van der Waals surface area contributed by atoms with Crippen LogP contribution in [0.5, 0.6) is 11.5 Å². The Morgan fingerprint density at radius 3 is 3.04 bits per heavy atom. The highest BCUT2D eigenvalue weighted by Crippen LogP contribution is 2.40. The monoisotopic (exact) mass is 331 g/mol. The number of piperidine rings is 1. The van der Waals surface area contributed by atoms with Gasteiger partial charge in [0, 0.05) is 25.4 Å². The molecule has 2 unspecified atom stereocenters.